The Balaban J connectivity index is 0.00000162. The normalized spacial score (nSPS) is 19.3. The van der Waals surface area contributed by atoms with Crippen LogP contribution in [0.2, 0.25) is 5.02 Å². The van der Waals surface area contributed by atoms with Crippen LogP contribution in [-0.4, -0.2) is 36.5 Å². The van der Waals surface area contributed by atoms with E-state index in [1.165, 1.54) is 18.2 Å². The molecule has 1 N–H and O–H groups in total. The van der Waals surface area contributed by atoms with E-state index in [-0.39, 0.29) is 29.9 Å². The van der Waals surface area contributed by atoms with Gasteiger partial charge in [-0.2, -0.15) is 0 Å². The topological polar surface area (TPSA) is 32.3 Å². The number of hydrogen-bond donors (Lipinski definition) is 1. The van der Waals surface area contributed by atoms with Gasteiger partial charge in [-0.05, 0) is 25.1 Å². The minimum atomic E-state index is -0.523. The van der Waals surface area contributed by atoms with E-state index in [4.69, 9.17) is 11.6 Å². The van der Waals surface area contributed by atoms with Crippen molar-refractivity contribution >= 4 is 29.9 Å². The lowest BCUT2D eigenvalue weighted by atomic mass is 10.1. The Morgan fingerprint density at radius 2 is 2.28 bits per heavy atom. The van der Waals surface area contributed by atoms with Gasteiger partial charge in [-0.1, -0.05) is 11.6 Å². The van der Waals surface area contributed by atoms with E-state index in [0.29, 0.717) is 11.6 Å². The van der Waals surface area contributed by atoms with Crippen molar-refractivity contribution in [2.45, 2.75) is 13.0 Å². The highest BCUT2D eigenvalue weighted by atomic mass is 35.5. The van der Waals surface area contributed by atoms with Gasteiger partial charge in [0.1, 0.15) is 5.82 Å². The predicted octanol–water partition coefficient (Wildman–Crippen LogP) is 2.33. The van der Waals surface area contributed by atoms with Gasteiger partial charge in [0.2, 0.25) is 0 Å². The van der Waals surface area contributed by atoms with Crippen molar-refractivity contribution in [3.63, 3.8) is 0 Å². The third kappa shape index (κ3) is 3.13. The standard InChI is InChI=1S/C12H14ClFN2O.ClH/c1-8-7-15-4-5-16(8)12(17)10-6-9(13)2-3-11(10)14;/h2-3,6,8,15H,4-5,7H2,1H3;1H/t8-;/m0./s1. The van der Waals surface area contributed by atoms with Crippen LogP contribution in [0.15, 0.2) is 18.2 Å². The van der Waals surface area contributed by atoms with Crippen molar-refractivity contribution in [2.24, 2.45) is 0 Å². The SMILES string of the molecule is C[C@H]1CNCCN1C(=O)c1cc(Cl)ccc1F.Cl. The fourth-order valence-electron chi connectivity index (χ4n) is 1.96. The lowest BCUT2D eigenvalue weighted by Gasteiger charge is -2.34. The van der Waals surface area contributed by atoms with Gasteiger partial charge in [-0.15, -0.1) is 12.4 Å². The second-order valence-corrected chi connectivity index (χ2v) is 4.61. The van der Waals surface area contributed by atoms with E-state index < -0.39 is 5.82 Å². The monoisotopic (exact) mass is 292 g/mol. The molecular weight excluding hydrogens is 278 g/mol. The van der Waals surface area contributed by atoms with Crippen LogP contribution in [0.1, 0.15) is 17.3 Å². The van der Waals surface area contributed by atoms with Gasteiger partial charge in [0, 0.05) is 30.7 Å². The molecule has 1 aliphatic heterocycles. The molecule has 1 aromatic rings. The zero-order valence-electron chi connectivity index (χ0n) is 9.95. The molecule has 3 nitrogen and oxygen atoms in total. The fourth-order valence-corrected chi connectivity index (χ4v) is 2.13. The van der Waals surface area contributed by atoms with Crippen LogP contribution in [0, 0.1) is 5.82 Å². The van der Waals surface area contributed by atoms with E-state index in [1.54, 1.807) is 4.90 Å². The van der Waals surface area contributed by atoms with Gasteiger partial charge < -0.3 is 10.2 Å². The van der Waals surface area contributed by atoms with Crippen molar-refractivity contribution in [3.05, 3.63) is 34.6 Å². The van der Waals surface area contributed by atoms with Gasteiger partial charge in [-0.3, -0.25) is 4.79 Å². The maximum Gasteiger partial charge on any atom is 0.257 e. The number of benzene rings is 1. The predicted molar refractivity (Wildman–Crippen MR) is 72.0 cm³/mol. The van der Waals surface area contributed by atoms with Crippen LogP contribution < -0.4 is 5.32 Å². The number of nitrogens with one attached hydrogen (secondary N) is 1. The Bertz CT molecular complexity index is 442. The van der Waals surface area contributed by atoms with E-state index >= 15 is 0 Å². The molecule has 1 atom stereocenters. The third-order valence-corrected chi connectivity index (χ3v) is 3.16. The van der Waals surface area contributed by atoms with E-state index in [2.05, 4.69) is 5.32 Å². The summed E-state index contributed by atoms with van der Waals surface area (Å²) in [6.45, 7) is 3.99. The molecule has 1 aliphatic rings. The molecule has 0 aromatic heterocycles. The molecule has 18 heavy (non-hydrogen) atoms. The molecule has 100 valence electrons. The Hall–Kier alpha value is -0.840. The largest absolute Gasteiger partial charge is 0.333 e. The van der Waals surface area contributed by atoms with Crippen molar-refractivity contribution < 1.29 is 9.18 Å². The number of amides is 1. The van der Waals surface area contributed by atoms with Gasteiger partial charge in [0.25, 0.3) is 5.91 Å². The molecule has 0 radical (unpaired) electrons. The molecule has 1 saturated heterocycles. The maximum atomic E-state index is 13.6. The number of nitrogens with zero attached hydrogens (tertiary/aromatic N) is 1. The third-order valence-electron chi connectivity index (χ3n) is 2.92. The quantitative estimate of drug-likeness (QED) is 0.862. The van der Waals surface area contributed by atoms with Gasteiger partial charge in [-0.25, -0.2) is 4.39 Å². The molecule has 0 spiro atoms. The summed E-state index contributed by atoms with van der Waals surface area (Å²) < 4.78 is 13.6. The Morgan fingerprint density at radius 3 is 2.94 bits per heavy atom. The van der Waals surface area contributed by atoms with Crippen molar-refractivity contribution in [1.29, 1.82) is 0 Å². The van der Waals surface area contributed by atoms with E-state index in [1.807, 2.05) is 6.92 Å². The summed E-state index contributed by atoms with van der Waals surface area (Å²) in [7, 11) is 0. The molecule has 1 fully saturated rings. The summed E-state index contributed by atoms with van der Waals surface area (Å²) >= 11 is 5.79. The second kappa shape index (κ2) is 6.36. The lowest BCUT2D eigenvalue weighted by Crippen LogP contribution is -2.52. The highest BCUT2D eigenvalue weighted by Gasteiger charge is 2.25. The lowest BCUT2D eigenvalue weighted by molar-refractivity contribution is 0.0651. The summed E-state index contributed by atoms with van der Waals surface area (Å²) in [5.74, 6) is -0.816. The molecule has 2 rings (SSSR count). The number of piperazine rings is 1. The Morgan fingerprint density at radius 1 is 1.56 bits per heavy atom. The zero-order valence-corrected chi connectivity index (χ0v) is 11.5. The van der Waals surface area contributed by atoms with Crippen molar-refractivity contribution in [2.75, 3.05) is 19.6 Å². The van der Waals surface area contributed by atoms with Crippen LogP contribution in [-0.2, 0) is 0 Å². The van der Waals surface area contributed by atoms with Crippen molar-refractivity contribution in [3.8, 4) is 0 Å². The highest BCUT2D eigenvalue weighted by molar-refractivity contribution is 6.31. The summed E-state index contributed by atoms with van der Waals surface area (Å²) in [4.78, 5) is 13.9. The molecule has 0 saturated carbocycles. The van der Waals surface area contributed by atoms with Gasteiger partial charge in [0.05, 0.1) is 5.56 Å². The van der Waals surface area contributed by atoms with Gasteiger partial charge >= 0.3 is 0 Å². The van der Waals surface area contributed by atoms with Gasteiger partial charge in [0.15, 0.2) is 0 Å². The molecule has 1 heterocycles. The smallest absolute Gasteiger partial charge is 0.257 e. The number of halogens is 3. The van der Waals surface area contributed by atoms with Crippen LogP contribution >= 0.6 is 24.0 Å². The number of carbonyl (C=O) groups is 1. The summed E-state index contributed by atoms with van der Waals surface area (Å²) in [5, 5.41) is 3.56. The van der Waals surface area contributed by atoms with E-state index in [9.17, 15) is 9.18 Å². The average Bonchev–Trinajstić information content (AvgIpc) is 2.32. The zero-order chi connectivity index (χ0) is 12.4. The minimum absolute atomic E-state index is 0. The maximum absolute atomic E-state index is 13.6. The Kier molecular flexibility index (Phi) is 5.38. The first-order valence-electron chi connectivity index (χ1n) is 5.56. The molecule has 6 heteroatoms. The highest BCUT2D eigenvalue weighted by Crippen LogP contribution is 2.18. The van der Waals surface area contributed by atoms with Crippen LogP contribution in [0.5, 0.6) is 0 Å². The second-order valence-electron chi connectivity index (χ2n) is 4.18. The number of hydrogen-bond acceptors (Lipinski definition) is 2. The number of rotatable bonds is 1. The average molecular weight is 293 g/mol. The van der Waals surface area contributed by atoms with Crippen molar-refractivity contribution in [1.82, 2.24) is 10.2 Å². The molecule has 0 unspecified atom stereocenters. The first-order chi connectivity index (χ1) is 8.09. The molecule has 1 amide bonds. The van der Waals surface area contributed by atoms with Crippen LogP contribution in [0.4, 0.5) is 4.39 Å². The van der Waals surface area contributed by atoms with Crippen LogP contribution in [0.25, 0.3) is 0 Å². The summed E-state index contributed by atoms with van der Waals surface area (Å²) in [6, 6.07) is 4.11. The summed E-state index contributed by atoms with van der Waals surface area (Å²) in [6.07, 6.45) is 0. The first kappa shape index (κ1) is 15.2. The molecule has 0 bridgehead atoms. The molecular formula is C12H15Cl2FN2O. The molecule has 0 aliphatic carbocycles. The molecule has 1 aromatic carbocycles. The first-order valence-corrected chi connectivity index (χ1v) is 5.94. The fraction of sp³-hybridized carbons (Fsp3) is 0.417. The minimum Gasteiger partial charge on any atom is -0.333 e. The summed E-state index contributed by atoms with van der Waals surface area (Å²) in [5.41, 5.74) is 0.0475. The van der Waals surface area contributed by atoms with Crippen LogP contribution in [0.3, 0.4) is 0 Å². The Labute approximate surface area is 117 Å². The number of carbonyl (C=O) groups excluding carboxylic acids is 1. The van der Waals surface area contributed by atoms with E-state index in [0.717, 1.165) is 13.1 Å².